The maximum Gasteiger partial charge on any atom is 0.193 e. The average Bonchev–Trinajstić information content (AvgIpc) is 3.01. The van der Waals surface area contributed by atoms with E-state index in [0.29, 0.717) is 12.6 Å². The van der Waals surface area contributed by atoms with E-state index in [2.05, 4.69) is 42.9 Å². The van der Waals surface area contributed by atoms with Gasteiger partial charge in [-0.1, -0.05) is 26.7 Å². The predicted octanol–water partition coefficient (Wildman–Crippen LogP) is 2.93. The van der Waals surface area contributed by atoms with Crippen molar-refractivity contribution in [1.82, 2.24) is 15.1 Å². The second-order valence-corrected chi connectivity index (χ2v) is 7.89. The van der Waals surface area contributed by atoms with Gasteiger partial charge >= 0.3 is 0 Å². The molecule has 0 spiro atoms. The molecule has 2 fully saturated rings. The summed E-state index contributed by atoms with van der Waals surface area (Å²) in [5.41, 5.74) is -0.0669. The maximum atomic E-state index is 10.4. The zero-order valence-electron chi connectivity index (χ0n) is 16.6. The lowest BCUT2D eigenvalue weighted by molar-refractivity contribution is 0.00704. The van der Waals surface area contributed by atoms with E-state index in [0.717, 1.165) is 44.9 Å². The van der Waals surface area contributed by atoms with E-state index >= 15 is 0 Å². The average molecular weight is 466 g/mol. The van der Waals surface area contributed by atoms with Crippen molar-refractivity contribution in [3.8, 4) is 0 Å². The zero-order valence-corrected chi connectivity index (χ0v) is 19.0. The first-order valence-electron chi connectivity index (χ1n) is 9.91. The Hall–Kier alpha value is -0.0800. The van der Waals surface area contributed by atoms with Crippen molar-refractivity contribution in [2.75, 3.05) is 39.8 Å². The molecule has 0 aromatic heterocycles. The number of aliphatic hydroxyl groups is 1. The van der Waals surface area contributed by atoms with Gasteiger partial charge in [-0.05, 0) is 45.7 Å². The molecule has 6 heteroatoms. The van der Waals surface area contributed by atoms with Crippen LogP contribution in [0.2, 0.25) is 0 Å². The highest BCUT2D eigenvalue weighted by Crippen LogP contribution is 2.36. The second kappa shape index (κ2) is 10.9. The van der Waals surface area contributed by atoms with Crippen molar-refractivity contribution in [3.05, 3.63) is 0 Å². The molecule has 1 saturated heterocycles. The Morgan fingerprint density at radius 2 is 2.04 bits per heavy atom. The van der Waals surface area contributed by atoms with E-state index in [9.17, 15) is 5.11 Å². The third-order valence-electron chi connectivity index (χ3n) is 5.96. The molecule has 1 saturated carbocycles. The van der Waals surface area contributed by atoms with Gasteiger partial charge < -0.3 is 15.3 Å². The van der Waals surface area contributed by atoms with Crippen LogP contribution in [-0.4, -0.2) is 72.8 Å². The number of likely N-dealkylation sites (N-methyl/N-ethyl adjacent to an activating group) is 2. The third-order valence-corrected chi connectivity index (χ3v) is 5.96. The van der Waals surface area contributed by atoms with E-state index in [1.807, 2.05) is 0 Å². The number of hydrogen-bond donors (Lipinski definition) is 2. The first-order chi connectivity index (χ1) is 11.5. The molecule has 2 rings (SSSR count). The Morgan fingerprint density at radius 3 is 2.68 bits per heavy atom. The number of nitrogens with zero attached hydrogens (tertiary/aromatic N) is 3. The van der Waals surface area contributed by atoms with Crippen molar-refractivity contribution < 1.29 is 5.11 Å². The Labute approximate surface area is 171 Å². The third kappa shape index (κ3) is 6.24. The van der Waals surface area contributed by atoms with Crippen molar-refractivity contribution in [3.63, 3.8) is 0 Å². The fourth-order valence-corrected chi connectivity index (χ4v) is 4.21. The number of nitrogens with one attached hydrogen (secondary N) is 1. The normalized spacial score (nSPS) is 30.8. The lowest BCUT2D eigenvalue weighted by Gasteiger charge is -2.37. The summed E-state index contributed by atoms with van der Waals surface area (Å²) in [4.78, 5) is 9.76. The molecule has 148 valence electrons. The van der Waals surface area contributed by atoms with E-state index < -0.39 is 0 Å². The Morgan fingerprint density at radius 1 is 1.28 bits per heavy atom. The summed E-state index contributed by atoms with van der Waals surface area (Å²) in [6.07, 6.45) is 6.74. The molecule has 1 aliphatic carbocycles. The first kappa shape index (κ1) is 23.0. The summed E-state index contributed by atoms with van der Waals surface area (Å²) in [5, 5.41) is 13.8. The Balaban J connectivity index is 0.00000312. The summed E-state index contributed by atoms with van der Waals surface area (Å²) in [5.74, 6) is 0.986. The minimum absolute atomic E-state index is 0. The van der Waals surface area contributed by atoms with Crippen LogP contribution in [0, 0.1) is 5.41 Å². The summed E-state index contributed by atoms with van der Waals surface area (Å²) in [6.45, 7) is 11.5. The van der Waals surface area contributed by atoms with Crippen LogP contribution < -0.4 is 5.32 Å². The minimum atomic E-state index is -0.214. The summed E-state index contributed by atoms with van der Waals surface area (Å²) < 4.78 is 0. The van der Waals surface area contributed by atoms with Gasteiger partial charge in [-0.3, -0.25) is 9.89 Å². The quantitative estimate of drug-likeness (QED) is 0.359. The molecular weight excluding hydrogens is 427 g/mol. The molecule has 3 unspecified atom stereocenters. The molecule has 1 heterocycles. The fraction of sp³-hybridized carbons (Fsp3) is 0.947. The molecule has 0 amide bonds. The minimum Gasteiger partial charge on any atom is -0.392 e. The van der Waals surface area contributed by atoms with Crippen LogP contribution in [0.5, 0.6) is 0 Å². The van der Waals surface area contributed by atoms with Crippen LogP contribution >= 0.6 is 24.0 Å². The number of guanidine groups is 1. The van der Waals surface area contributed by atoms with Gasteiger partial charge in [0.25, 0.3) is 0 Å². The molecule has 3 atom stereocenters. The molecular formula is C19H39IN4O. The topological polar surface area (TPSA) is 51.1 Å². The van der Waals surface area contributed by atoms with Gasteiger partial charge in [0.2, 0.25) is 0 Å². The van der Waals surface area contributed by atoms with Crippen LogP contribution in [0.25, 0.3) is 0 Å². The van der Waals surface area contributed by atoms with Gasteiger partial charge in [0.05, 0.1) is 12.6 Å². The number of rotatable bonds is 6. The number of aliphatic imine (C=N–C) groups is 1. The van der Waals surface area contributed by atoms with Gasteiger partial charge in [-0.15, -0.1) is 24.0 Å². The number of hydrogen-bond acceptors (Lipinski definition) is 3. The molecule has 2 N–H and O–H groups in total. The summed E-state index contributed by atoms with van der Waals surface area (Å²) in [7, 11) is 2.15. The van der Waals surface area contributed by atoms with E-state index in [1.165, 1.54) is 25.8 Å². The van der Waals surface area contributed by atoms with Crippen LogP contribution in [-0.2, 0) is 0 Å². The summed E-state index contributed by atoms with van der Waals surface area (Å²) in [6, 6.07) is 0.639. The van der Waals surface area contributed by atoms with E-state index in [1.54, 1.807) is 0 Å². The van der Waals surface area contributed by atoms with Crippen LogP contribution in [0.15, 0.2) is 4.99 Å². The molecule has 2 aliphatic rings. The zero-order chi connectivity index (χ0) is 17.6. The summed E-state index contributed by atoms with van der Waals surface area (Å²) >= 11 is 0. The molecule has 0 bridgehead atoms. The Kier molecular flexibility index (Phi) is 10.0. The van der Waals surface area contributed by atoms with Crippen molar-refractivity contribution in [1.29, 1.82) is 0 Å². The fourth-order valence-electron chi connectivity index (χ4n) is 4.21. The van der Waals surface area contributed by atoms with E-state index in [-0.39, 0.29) is 35.5 Å². The molecule has 5 nitrogen and oxygen atoms in total. The number of likely N-dealkylation sites (tertiary alicyclic amines) is 1. The van der Waals surface area contributed by atoms with Crippen LogP contribution in [0.3, 0.4) is 0 Å². The SMILES string of the molecule is CCNC(=NCC1(C)CCCCC1O)N(C)CC1CCCN1CC.I. The van der Waals surface area contributed by atoms with Gasteiger partial charge in [0.1, 0.15) is 0 Å². The van der Waals surface area contributed by atoms with Crippen molar-refractivity contribution in [2.45, 2.75) is 71.4 Å². The van der Waals surface area contributed by atoms with Gasteiger partial charge in [0, 0.05) is 31.6 Å². The lowest BCUT2D eigenvalue weighted by atomic mass is 9.73. The van der Waals surface area contributed by atoms with Crippen molar-refractivity contribution in [2.24, 2.45) is 10.4 Å². The van der Waals surface area contributed by atoms with E-state index in [4.69, 9.17) is 4.99 Å². The smallest absolute Gasteiger partial charge is 0.193 e. The van der Waals surface area contributed by atoms with Crippen LogP contribution in [0.1, 0.15) is 59.3 Å². The monoisotopic (exact) mass is 466 g/mol. The molecule has 0 aromatic carbocycles. The molecule has 0 radical (unpaired) electrons. The number of aliphatic hydroxyl groups excluding tert-OH is 1. The van der Waals surface area contributed by atoms with Crippen molar-refractivity contribution >= 4 is 29.9 Å². The number of halogens is 1. The highest BCUT2D eigenvalue weighted by Gasteiger charge is 2.35. The molecule has 0 aromatic rings. The van der Waals surface area contributed by atoms with Gasteiger partial charge in [-0.25, -0.2) is 0 Å². The van der Waals surface area contributed by atoms with Gasteiger partial charge in [0.15, 0.2) is 5.96 Å². The molecule has 1 aliphatic heterocycles. The standard InChI is InChI=1S/C19H38N4O.HI/c1-5-20-18(21-15-19(3)12-8-7-11-17(19)24)22(4)14-16-10-9-13-23(16)6-2;/h16-17,24H,5-15H2,1-4H3,(H,20,21);1H. The Bertz CT molecular complexity index is 420. The first-order valence-corrected chi connectivity index (χ1v) is 9.91. The molecule has 25 heavy (non-hydrogen) atoms. The highest BCUT2D eigenvalue weighted by molar-refractivity contribution is 14.0. The van der Waals surface area contributed by atoms with Crippen LogP contribution in [0.4, 0.5) is 0 Å². The second-order valence-electron chi connectivity index (χ2n) is 7.89. The maximum absolute atomic E-state index is 10.4. The lowest BCUT2D eigenvalue weighted by Crippen LogP contribution is -2.47. The largest absolute Gasteiger partial charge is 0.392 e. The van der Waals surface area contributed by atoms with Gasteiger partial charge in [-0.2, -0.15) is 0 Å². The highest BCUT2D eigenvalue weighted by atomic mass is 127. The predicted molar refractivity (Wildman–Crippen MR) is 117 cm³/mol.